The van der Waals surface area contributed by atoms with Gasteiger partial charge in [0.15, 0.2) is 0 Å². The topological polar surface area (TPSA) is 41.1 Å². The molecule has 1 amide bonds. The van der Waals surface area contributed by atoms with E-state index in [9.17, 15) is 4.79 Å². The van der Waals surface area contributed by atoms with Crippen LogP contribution in [0.2, 0.25) is 0 Å². The standard InChI is InChI=1S/C17H22N2OS/c1-11-5-12(2)7-13(6-11)9-18-14-3-4-16-15(8-14)19-17(20)10-21-16/h3-5,8,11,13,18H,6-7,9-10H2,1-2H3,(H,19,20). The molecule has 0 aromatic heterocycles. The van der Waals surface area contributed by atoms with Gasteiger partial charge in [-0.05, 0) is 49.8 Å². The van der Waals surface area contributed by atoms with Gasteiger partial charge in [-0.15, -0.1) is 11.8 Å². The number of thioether (sulfide) groups is 1. The number of fused-ring (bicyclic) bond motifs is 1. The lowest BCUT2D eigenvalue weighted by atomic mass is 9.84. The van der Waals surface area contributed by atoms with E-state index in [-0.39, 0.29) is 5.91 Å². The Bertz CT molecular complexity index is 582. The Labute approximate surface area is 130 Å². The van der Waals surface area contributed by atoms with E-state index in [2.05, 4.69) is 42.7 Å². The summed E-state index contributed by atoms with van der Waals surface area (Å²) in [7, 11) is 0. The lowest BCUT2D eigenvalue weighted by Gasteiger charge is -2.26. The van der Waals surface area contributed by atoms with Crippen molar-refractivity contribution < 1.29 is 4.79 Å². The van der Waals surface area contributed by atoms with Crippen LogP contribution >= 0.6 is 11.8 Å². The van der Waals surface area contributed by atoms with Gasteiger partial charge in [0.2, 0.25) is 5.91 Å². The van der Waals surface area contributed by atoms with Crippen LogP contribution in [-0.4, -0.2) is 18.2 Å². The van der Waals surface area contributed by atoms with Gasteiger partial charge in [-0.1, -0.05) is 18.6 Å². The number of anilines is 2. The second kappa shape index (κ2) is 6.14. The third kappa shape index (κ3) is 3.62. The zero-order valence-electron chi connectivity index (χ0n) is 12.6. The molecule has 1 aromatic rings. The minimum atomic E-state index is 0.0894. The van der Waals surface area contributed by atoms with Crippen LogP contribution in [0.3, 0.4) is 0 Å². The molecule has 0 saturated heterocycles. The Morgan fingerprint density at radius 2 is 2.29 bits per heavy atom. The summed E-state index contributed by atoms with van der Waals surface area (Å²) in [6.45, 7) is 5.52. The highest BCUT2D eigenvalue weighted by Gasteiger charge is 2.19. The summed E-state index contributed by atoms with van der Waals surface area (Å²) in [6.07, 6.45) is 4.83. The van der Waals surface area contributed by atoms with Crippen molar-refractivity contribution in [3.05, 3.63) is 29.8 Å². The van der Waals surface area contributed by atoms with Crippen LogP contribution in [-0.2, 0) is 4.79 Å². The molecule has 0 spiro atoms. The Balaban J connectivity index is 1.62. The van der Waals surface area contributed by atoms with Crippen molar-refractivity contribution in [1.29, 1.82) is 0 Å². The summed E-state index contributed by atoms with van der Waals surface area (Å²) >= 11 is 1.60. The molecular weight excluding hydrogens is 280 g/mol. The number of nitrogens with one attached hydrogen (secondary N) is 2. The van der Waals surface area contributed by atoms with Gasteiger partial charge in [-0.3, -0.25) is 4.79 Å². The highest BCUT2D eigenvalue weighted by Crippen LogP contribution is 2.34. The largest absolute Gasteiger partial charge is 0.385 e. The van der Waals surface area contributed by atoms with E-state index in [1.165, 1.54) is 18.4 Å². The number of hydrogen-bond donors (Lipinski definition) is 2. The van der Waals surface area contributed by atoms with Gasteiger partial charge in [0.25, 0.3) is 0 Å². The molecule has 0 bridgehead atoms. The summed E-state index contributed by atoms with van der Waals surface area (Å²) < 4.78 is 0. The summed E-state index contributed by atoms with van der Waals surface area (Å²) in [6, 6.07) is 6.25. The number of amides is 1. The first-order valence-electron chi connectivity index (χ1n) is 7.58. The first-order chi connectivity index (χ1) is 10.1. The normalized spacial score (nSPS) is 24.9. The van der Waals surface area contributed by atoms with Crippen LogP contribution < -0.4 is 10.6 Å². The third-order valence-corrected chi connectivity index (χ3v) is 5.17. The molecule has 1 aliphatic carbocycles. The van der Waals surface area contributed by atoms with E-state index in [4.69, 9.17) is 0 Å². The Morgan fingerprint density at radius 1 is 1.43 bits per heavy atom. The third-order valence-electron chi connectivity index (χ3n) is 4.09. The maximum Gasteiger partial charge on any atom is 0.234 e. The van der Waals surface area contributed by atoms with Crippen LogP contribution in [0.4, 0.5) is 11.4 Å². The zero-order valence-corrected chi connectivity index (χ0v) is 13.4. The molecule has 2 aliphatic rings. The SMILES string of the molecule is CC1=CC(C)CC(CNc2ccc3c(c2)NC(=O)CS3)C1. The van der Waals surface area contributed by atoms with Crippen molar-refractivity contribution in [2.45, 2.75) is 31.6 Å². The van der Waals surface area contributed by atoms with Crippen molar-refractivity contribution in [2.75, 3.05) is 22.9 Å². The number of hydrogen-bond acceptors (Lipinski definition) is 3. The van der Waals surface area contributed by atoms with Crippen LogP contribution in [0.1, 0.15) is 26.7 Å². The Hall–Kier alpha value is -1.42. The van der Waals surface area contributed by atoms with Crippen LogP contribution in [0.5, 0.6) is 0 Å². The monoisotopic (exact) mass is 302 g/mol. The number of carbonyl (C=O) groups excluding carboxylic acids is 1. The van der Waals surface area contributed by atoms with E-state index in [0.29, 0.717) is 17.6 Å². The van der Waals surface area contributed by atoms with Gasteiger partial charge in [-0.2, -0.15) is 0 Å². The zero-order chi connectivity index (χ0) is 14.8. The highest BCUT2D eigenvalue weighted by molar-refractivity contribution is 8.00. The van der Waals surface area contributed by atoms with Crippen LogP contribution in [0, 0.1) is 11.8 Å². The minimum absolute atomic E-state index is 0.0894. The molecule has 2 unspecified atom stereocenters. The molecule has 3 rings (SSSR count). The molecule has 3 nitrogen and oxygen atoms in total. The summed E-state index contributed by atoms with van der Waals surface area (Å²) in [5.41, 5.74) is 3.54. The van der Waals surface area contributed by atoms with Gasteiger partial charge in [0, 0.05) is 17.1 Å². The lowest BCUT2D eigenvalue weighted by Crippen LogP contribution is -2.21. The first-order valence-corrected chi connectivity index (χ1v) is 8.56. The quantitative estimate of drug-likeness (QED) is 0.825. The van der Waals surface area contributed by atoms with E-state index in [0.717, 1.165) is 22.8 Å². The van der Waals surface area contributed by atoms with E-state index >= 15 is 0 Å². The molecule has 112 valence electrons. The van der Waals surface area contributed by atoms with Gasteiger partial charge in [0.05, 0.1) is 11.4 Å². The number of rotatable bonds is 3. The maximum atomic E-state index is 11.5. The minimum Gasteiger partial charge on any atom is -0.385 e. The number of carbonyl (C=O) groups is 1. The molecular formula is C17H22N2OS. The molecule has 0 fully saturated rings. The van der Waals surface area contributed by atoms with Crippen LogP contribution in [0.15, 0.2) is 34.7 Å². The Kier molecular flexibility index (Phi) is 4.24. The van der Waals surface area contributed by atoms with Gasteiger partial charge >= 0.3 is 0 Å². The fourth-order valence-corrected chi connectivity index (χ4v) is 4.09. The van der Waals surface area contributed by atoms with Crippen molar-refractivity contribution in [3.8, 4) is 0 Å². The van der Waals surface area contributed by atoms with E-state index in [1.54, 1.807) is 11.8 Å². The van der Waals surface area contributed by atoms with Gasteiger partial charge < -0.3 is 10.6 Å². The highest BCUT2D eigenvalue weighted by atomic mass is 32.2. The maximum absolute atomic E-state index is 11.5. The Morgan fingerprint density at radius 3 is 3.10 bits per heavy atom. The molecule has 1 aromatic carbocycles. The average Bonchev–Trinajstić information content (AvgIpc) is 2.43. The molecule has 0 saturated carbocycles. The second-order valence-electron chi connectivity index (χ2n) is 6.22. The molecule has 2 N–H and O–H groups in total. The van der Waals surface area contributed by atoms with Crippen molar-refractivity contribution in [1.82, 2.24) is 0 Å². The molecule has 21 heavy (non-hydrogen) atoms. The molecule has 0 radical (unpaired) electrons. The number of benzene rings is 1. The van der Waals surface area contributed by atoms with Crippen molar-refractivity contribution in [3.63, 3.8) is 0 Å². The molecule has 4 heteroatoms. The summed E-state index contributed by atoms with van der Waals surface area (Å²) in [5, 5.41) is 6.48. The number of allylic oxidation sites excluding steroid dienone is 2. The molecule has 2 atom stereocenters. The smallest absolute Gasteiger partial charge is 0.234 e. The second-order valence-corrected chi connectivity index (χ2v) is 7.24. The predicted molar refractivity (Wildman–Crippen MR) is 89.9 cm³/mol. The first kappa shape index (κ1) is 14.5. The average molecular weight is 302 g/mol. The van der Waals surface area contributed by atoms with E-state index in [1.807, 2.05) is 6.07 Å². The predicted octanol–water partition coefficient (Wildman–Crippen LogP) is 4.14. The van der Waals surface area contributed by atoms with Crippen molar-refractivity contribution in [2.24, 2.45) is 11.8 Å². The fourth-order valence-electron chi connectivity index (χ4n) is 3.30. The van der Waals surface area contributed by atoms with Crippen molar-refractivity contribution >= 4 is 29.0 Å². The molecule has 1 heterocycles. The van der Waals surface area contributed by atoms with E-state index < -0.39 is 0 Å². The van der Waals surface area contributed by atoms with Crippen LogP contribution in [0.25, 0.3) is 0 Å². The fraction of sp³-hybridized carbons (Fsp3) is 0.471. The summed E-state index contributed by atoms with van der Waals surface area (Å²) in [4.78, 5) is 12.6. The summed E-state index contributed by atoms with van der Waals surface area (Å²) in [5.74, 6) is 1.99. The van der Waals surface area contributed by atoms with Gasteiger partial charge in [-0.25, -0.2) is 0 Å². The molecule has 1 aliphatic heterocycles. The lowest BCUT2D eigenvalue weighted by molar-refractivity contribution is -0.113. The van der Waals surface area contributed by atoms with Gasteiger partial charge in [0.1, 0.15) is 0 Å².